The molecule has 2 nitrogen and oxygen atoms in total. The molecule has 0 N–H and O–H groups in total. The Hall–Kier alpha value is -2.09. The maximum atomic E-state index is 12.8. The van der Waals surface area contributed by atoms with Crippen molar-refractivity contribution in [2.24, 2.45) is 4.99 Å². The van der Waals surface area contributed by atoms with Crippen LogP contribution in [0.2, 0.25) is 0 Å². The van der Waals surface area contributed by atoms with Gasteiger partial charge in [-0.15, -0.1) is 0 Å². The molecule has 0 atom stereocenters. The van der Waals surface area contributed by atoms with Crippen LogP contribution >= 0.6 is 0 Å². The molecule has 0 heterocycles. The zero-order chi connectivity index (χ0) is 17.3. The first kappa shape index (κ1) is 17.3. The summed E-state index contributed by atoms with van der Waals surface area (Å²) >= 11 is 0. The second-order valence-corrected chi connectivity index (χ2v) is 8.04. The molecule has 2 aromatic carbocycles. The third-order valence-corrected chi connectivity index (χ3v) is 3.90. The molecule has 0 aliphatic heterocycles. The largest absolute Gasteiger partial charge is 0.871 e. The maximum absolute atomic E-state index is 12.8. The summed E-state index contributed by atoms with van der Waals surface area (Å²) in [4.78, 5) is 4.49. The predicted octanol–water partition coefficient (Wildman–Crippen LogP) is 5.11. The molecule has 0 spiro atoms. The summed E-state index contributed by atoms with van der Waals surface area (Å²) in [6, 6.07) is 13.8. The second-order valence-electron chi connectivity index (χ2n) is 8.04. The number of nitrogens with zero attached hydrogens (tertiary/aromatic N) is 1. The van der Waals surface area contributed by atoms with E-state index in [2.05, 4.69) is 46.5 Å². The van der Waals surface area contributed by atoms with Gasteiger partial charge in [-0.2, -0.15) is 0 Å². The van der Waals surface area contributed by atoms with Gasteiger partial charge in [0.15, 0.2) is 0 Å². The van der Waals surface area contributed by atoms with Gasteiger partial charge in [-0.1, -0.05) is 83.7 Å². The molecule has 0 radical (unpaired) electrons. The first-order valence-corrected chi connectivity index (χ1v) is 8.04. The molecule has 0 bridgehead atoms. The molecule has 2 rings (SSSR count). The van der Waals surface area contributed by atoms with Crippen LogP contribution in [0.15, 0.2) is 47.5 Å². The molecular weight excluding hydrogens is 282 g/mol. The maximum Gasteiger partial charge on any atom is 0.0557 e. The van der Waals surface area contributed by atoms with Crippen molar-refractivity contribution in [2.75, 3.05) is 0 Å². The van der Waals surface area contributed by atoms with Crippen molar-refractivity contribution in [3.8, 4) is 5.75 Å². The first-order valence-electron chi connectivity index (χ1n) is 8.04. The highest BCUT2D eigenvalue weighted by Gasteiger charge is 2.21. The van der Waals surface area contributed by atoms with Crippen LogP contribution in [0, 0.1) is 0 Å². The van der Waals surface area contributed by atoms with Crippen LogP contribution in [0.25, 0.3) is 0 Å². The molecule has 2 heteroatoms. The van der Waals surface area contributed by atoms with E-state index in [4.69, 9.17) is 0 Å². The summed E-state index contributed by atoms with van der Waals surface area (Å²) < 4.78 is 0. The topological polar surface area (TPSA) is 35.4 Å². The van der Waals surface area contributed by atoms with Gasteiger partial charge in [0, 0.05) is 6.21 Å². The minimum atomic E-state index is -0.199. The third kappa shape index (κ3) is 4.22. The van der Waals surface area contributed by atoms with E-state index in [1.807, 2.05) is 42.5 Å². The fourth-order valence-corrected chi connectivity index (χ4v) is 2.38. The Morgan fingerprint density at radius 3 is 2.00 bits per heavy atom. The summed E-state index contributed by atoms with van der Waals surface area (Å²) in [5.41, 5.74) is 3.25. The van der Waals surface area contributed by atoms with Crippen LogP contribution in [-0.2, 0) is 10.8 Å². The third-order valence-electron chi connectivity index (χ3n) is 3.90. The Morgan fingerprint density at radius 2 is 1.48 bits per heavy atom. The number of hydrogen-bond donors (Lipinski definition) is 0. The Kier molecular flexibility index (Phi) is 4.65. The van der Waals surface area contributed by atoms with Gasteiger partial charge in [-0.25, -0.2) is 0 Å². The molecule has 0 unspecified atom stereocenters. The highest BCUT2D eigenvalue weighted by molar-refractivity contribution is 5.83. The minimum Gasteiger partial charge on any atom is -0.871 e. The van der Waals surface area contributed by atoms with Crippen molar-refractivity contribution < 1.29 is 5.11 Å². The van der Waals surface area contributed by atoms with E-state index in [0.29, 0.717) is 5.69 Å². The molecule has 0 aliphatic rings. The van der Waals surface area contributed by atoms with Crippen molar-refractivity contribution in [3.05, 3.63) is 59.2 Å². The van der Waals surface area contributed by atoms with Crippen LogP contribution in [0.4, 0.5) is 5.69 Å². The van der Waals surface area contributed by atoms with Gasteiger partial charge in [0.05, 0.1) is 5.69 Å². The summed E-state index contributed by atoms with van der Waals surface area (Å²) in [5.74, 6) is 0.0256. The smallest absolute Gasteiger partial charge is 0.0557 e. The molecule has 0 amide bonds. The van der Waals surface area contributed by atoms with Crippen molar-refractivity contribution in [2.45, 2.75) is 52.4 Å². The SMILES string of the molecule is CC(C)(C)c1cc(N=Cc2ccccc2)c([O-])c(C(C)(C)C)c1. The Morgan fingerprint density at radius 1 is 0.870 bits per heavy atom. The van der Waals surface area contributed by atoms with Crippen LogP contribution in [0.1, 0.15) is 58.2 Å². The van der Waals surface area contributed by atoms with Crippen LogP contribution in [-0.4, -0.2) is 6.21 Å². The van der Waals surface area contributed by atoms with E-state index in [9.17, 15) is 5.11 Å². The zero-order valence-electron chi connectivity index (χ0n) is 15.0. The fourth-order valence-electron chi connectivity index (χ4n) is 2.38. The summed E-state index contributed by atoms with van der Waals surface area (Å²) in [6.45, 7) is 12.7. The van der Waals surface area contributed by atoms with E-state index in [1.165, 1.54) is 0 Å². The quantitative estimate of drug-likeness (QED) is 0.710. The molecule has 122 valence electrons. The van der Waals surface area contributed by atoms with E-state index in [-0.39, 0.29) is 16.6 Å². The second kappa shape index (κ2) is 6.19. The van der Waals surface area contributed by atoms with Gasteiger partial charge in [0.1, 0.15) is 0 Å². The number of benzene rings is 2. The van der Waals surface area contributed by atoms with Crippen molar-refractivity contribution in [1.82, 2.24) is 0 Å². The minimum absolute atomic E-state index is 0.0231. The molecular formula is C21H26NO-. The number of hydrogen-bond acceptors (Lipinski definition) is 2. The van der Waals surface area contributed by atoms with Crippen LogP contribution in [0.3, 0.4) is 0 Å². The molecule has 0 saturated carbocycles. The lowest BCUT2D eigenvalue weighted by Crippen LogP contribution is -2.18. The summed E-state index contributed by atoms with van der Waals surface area (Å²) in [7, 11) is 0. The Labute approximate surface area is 139 Å². The van der Waals surface area contributed by atoms with Gasteiger partial charge in [-0.05, 0) is 33.6 Å². The van der Waals surface area contributed by atoms with Gasteiger partial charge >= 0.3 is 0 Å². The first-order chi connectivity index (χ1) is 10.6. The average Bonchev–Trinajstić information content (AvgIpc) is 2.44. The van der Waals surface area contributed by atoms with Crippen molar-refractivity contribution in [1.29, 1.82) is 0 Å². The lowest BCUT2D eigenvalue weighted by Gasteiger charge is -2.31. The van der Waals surface area contributed by atoms with Gasteiger partial charge in [0.2, 0.25) is 0 Å². The molecule has 0 saturated heterocycles. The van der Waals surface area contributed by atoms with Gasteiger partial charge < -0.3 is 5.11 Å². The number of rotatable bonds is 2. The molecule has 23 heavy (non-hydrogen) atoms. The summed E-state index contributed by atoms with van der Waals surface area (Å²) in [6.07, 6.45) is 1.76. The summed E-state index contributed by atoms with van der Waals surface area (Å²) in [5, 5.41) is 12.8. The Balaban J connectivity index is 2.56. The highest BCUT2D eigenvalue weighted by atomic mass is 16.3. The van der Waals surface area contributed by atoms with Crippen LogP contribution in [0.5, 0.6) is 5.75 Å². The van der Waals surface area contributed by atoms with Gasteiger partial charge in [0.25, 0.3) is 0 Å². The predicted molar refractivity (Wildman–Crippen MR) is 97.0 cm³/mol. The van der Waals surface area contributed by atoms with E-state index in [0.717, 1.165) is 16.7 Å². The van der Waals surface area contributed by atoms with Crippen molar-refractivity contribution in [3.63, 3.8) is 0 Å². The monoisotopic (exact) mass is 308 g/mol. The number of aliphatic imine (C=N–C) groups is 1. The molecule has 2 aromatic rings. The normalized spacial score (nSPS) is 12.8. The molecule has 0 fully saturated rings. The van der Waals surface area contributed by atoms with E-state index < -0.39 is 0 Å². The standard InChI is InChI=1S/C21H27NO/c1-20(2,3)16-12-17(21(4,5)6)19(23)18(13-16)22-14-15-10-8-7-9-11-15/h7-14,23H,1-6H3/p-1. The van der Waals surface area contributed by atoms with Crippen molar-refractivity contribution >= 4 is 11.9 Å². The van der Waals surface area contributed by atoms with Gasteiger partial charge in [-0.3, -0.25) is 4.99 Å². The van der Waals surface area contributed by atoms with E-state index >= 15 is 0 Å². The molecule has 0 aliphatic carbocycles. The Bertz CT molecular complexity index is 701. The lowest BCUT2D eigenvalue weighted by molar-refractivity contribution is -0.269. The van der Waals surface area contributed by atoms with E-state index in [1.54, 1.807) is 6.21 Å². The highest BCUT2D eigenvalue weighted by Crippen LogP contribution is 2.39. The van der Waals surface area contributed by atoms with Crippen LogP contribution < -0.4 is 5.11 Å². The molecule has 0 aromatic heterocycles. The fraction of sp³-hybridized carbons (Fsp3) is 0.381. The average molecular weight is 308 g/mol. The zero-order valence-corrected chi connectivity index (χ0v) is 15.0. The lowest BCUT2D eigenvalue weighted by atomic mass is 9.80.